The number of nitrogens with one attached hydrogen (secondary N) is 1. The fraction of sp³-hybridized carbons (Fsp3) is 0.480. The number of benzene rings is 2. The van der Waals surface area contributed by atoms with Gasteiger partial charge in [-0.25, -0.2) is 8.42 Å². The molecule has 0 spiro atoms. The van der Waals surface area contributed by atoms with Gasteiger partial charge in [0.25, 0.3) is 0 Å². The van der Waals surface area contributed by atoms with Gasteiger partial charge < -0.3 is 4.74 Å². The van der Waals surface area contributed by atoms with Crippen molar-refractivity contribution in [3.8, 4) is 0 Å². The Kier molecular flexibility index (Phi) is 8.43. The summed E-state index contributed by atoms with van der Waals surface area (Å²) in [4.78, 5) is 12.7. The van der Waals surface area contributed by atoms with E-state index in [4.69, 9.17) is 4.74 Å². The highest BCUT2D eigenvalue weighted by atomic mass is 32.2. The predicted molar refractivity (Wildman–Crippen MR) is 125 cm³/mol. The summed E-state index contributed by atoms with van der Waals surface area (Å²) in [6.45, 7) is 12.2. The van der Waals surface area contributed by atoms with E-state index < -0.39 is 22.0 Å². The summed E-state index contributed by atoms with van der Waals surface area (Å²) >= 11 is 0. The van der Waals surface area contributed by atoms with Gasteiger partial charge in [-0.1, -0.05) is 84.0 Å². The molecule has 0 amide bonds. The van der Waals surface area contributed by atoms with Gasteiger partial charge in [-0.3, -0.25) is 4.79 Å². The van der Waals surface area contributed by atoms with Gasteiger partial charge in [0, 0.05) is 0 Å². The minimum absolute atomic E-state index is 0.00785. The Hall–Kier alpha value is -2.18. The number of sulfonamides is 1. The number of ether oxygens (including phenoxy) is 1. The number of carbonyl (C=O) groups excluding carboxylic acids is 1. The largest absolute Gasteiger partial charge is 0.468 e. The van der Waals surface area contributed by atoms with E-state index in [1.54, 1.807) is 0 Å². The van der Waals surface area contributed by atoms with Gasteiger partial charge in [0.2, 0.25) is 10.0 Å². The third kappa shape index (κ3) is 6.17. The van der Waals surface area contributed by atoms with Gasteiger partial charge in [-0.2, -0.15) is 4.72 Å². The summed E-state index contributed by atoms with van der Waals surface area (Å²) in [5.74, 6) is -0.314. The molecule has 5 nitrogen and oxygen atoms in total. The Morgan fingerprint density at radius 2 is 1.42 bits per heavy atom. The van der Waals surface area contributed by atoms with Crippen LogP contribution in [-0.4, -0.2) is 27.5 Å². The topological polar surface area (TPSA) is 72.5 Å². The van der Waals surface area contributed by atoms with Gasteiger partial charge in [-0.15, -0.1) is 0 Å². The second kappa shape index (κ2) is 10.4. The zero-order chi connectivity index (χ0) is 23.3. The Bertz CT molecular complexity index is 966. The molecule has 2 rings (SSSR count). The maximum atomic E-state index is 13.7. The molecule has 2 aromatic carbocycles. The molecule has 6 heteroatoms. The van der Waals surface area contributed by atoms with Crippen molar-refractivity contribution in [2.75, 3.05) is 7.11 Å². The molecule has 31 heavy (non-hydrogen) atoms. The number of carbonyl (C=O) groups is 1. The molecule has 0 aliphatic heterocycles. The fourth-order valence-electron chi connectivity index (χ4n) is 3.61. The van der Waals surface area contributed by atoms with E-state index in [2.05, 4.69) is 18.6 Å². The van der Waals surface area contributed by atoms with Crippen molar-refractivity contribution >= 4 is 16.0 Å². The minimum atomic E-state index is -3.98. The van der Waals surface area contributed by atoms with Crippen molar-refractivity contribution < 1.29 is 17.9 Å². The van der Waals surface area contributed by atoms with Gasteiger partial charge >= 0.3 is 5.97 Å². The fourth-order valence-corrected chi connectivity index (χ4v) is 5.49. The van der Waals surface area contributed by atoms with Crippen LogP contribution in [0.3, 0.4) is 0 Å². The molecule has 170 valence electrons. The lowest BCUT2D eigenvalue weighted by molar-refractivity contribution is -0.142. The molecular weight excluding hydrogens is 410 g/mol. The van der Waals surface area contributed by atoms with Gasteiger partial charge in [0.05, 0.1) is 12.0 Å². The maximum absolute atomic E-state index is 13.7. The number of methoxy groups -OCH3 is 1. The predicted octanol–water partition coefficient (Wildman–Crippen LogP) is 5.12. The number of hydrogen-bond acceptors (Lipinski definition) is 4. The Labute approximate surface area is 187 Å². The van der Waals surface area contributed by atoms with Crippen molar-refractivity contribution in [3.63, 3.8) is 0 Å². The van der Waals surface area contributed by atoms with E-state index in [0.29, 0.717) is 0 Å². The van der Waals surface area contributed by atoms with Crippen LogP contribution in [0.2, 0.25) is 0 Å². The lowest BCUT2D eigenvalue weighted by Crippen LogP contribution is -2.43. The van der Waals surface area contributed by atoms with Crippen LogP contribution in [0, 0.1) is 0 Å². The van der Waals surface area contributed by atoms with Crippen LogP contribution >= 0.6 is 0 Å². The van der Waals surface area contributed by atoms with Crippen molar-refractivity contribution in [2.45, 2.75) is 76.7 Å². The van der Waals surface area contributed by atoms with Gasteiger partial charge in [0.15, 0.2) is 0 Å². The lowest BCUT2D eigenvalue weighted by Gasteiger charge is -2.24. The van der Waals surface area contributed by atoms with E-state index in [1.807, 2.05) is 70.2 Å². The molecule has 0 aliphatic rings. The average Bonchev–Trinajstić information content (AvgIpc) is 2.72. The van der Waals surface area contributed by atoms with E-state index in [1.165, 1.54) is 7.11 Å². The molecule has 0 radical (unpaired) electrons. The highest BCUT2D eigenvalue weighted by molar-refractivity contribution is 7.89. The Balaban J connectivity index is 2.59. The lowest BCUT2D eigenvalue weighted by atomic mass is 9.89. The van der Waals surface area contributed by atoms with Gasteiger partial charge in [0.1, 0.15) is 6.04 Å². The molecule has 1 atom stereocenters. The third-order valence-electron chi connectivity index (χ3n) is 5.41. The molecule has 2 aromatic rings. The van der Waals surface area contributed by atoms with Crippen LogP contribution in [0.15, 0.2) is 47.4 Å². The van der Waals surface area contributed by atoms with Crippen molar-refractivity contribution in [1.82, 2.24) is 4.72 Å². The van der Waals surface area contributed by atoms with Crippen LogP contribution in [0.1, 0.15) is 81.5 Å². The first kappa shape index (κ1) is 25.1. The molecule has 0 aliphatic carbocycles. The Morgan fingerprint density at radius 3 is 1.84 bits per heavy atom. The second-order valence-corrected chi connectivity index (χ2v) is 10.5. The summed E-state index contributed by atoms with van der Waals surface area (Å²) < 4.78 is 34.9. The molecule has 0 heterocycles. The molecule has 0 bridgehead atoms. The summed E-state index contributed by atoms with van der Waals surface area (Å²) in [5.41, 5.74) is 3.50. The maximum Gasteiger partial charge on any atom is 0.324 e. The third-order valence-corrected chi connectivity index (χ3v) is 7.02. The monoisotopic (exact) mass is 445 g/mol. The van der Waals surface area contributed by atoms with Crippen molar-refractivity contribution in [2.24, 2.45) is 0 Å². The van der Waals surface area contributed by atoms with E-state index in [-0.39, 0.29) is 29.1 Å². The first-order chi connectivity index (χ1) is 14.5. The quantitative estimate of drug-likeness (QED) is 0.544. The highest BCUT2D eigenvalue weighted by Gasteiger charge is 2.32. The molecule has 1 N–H and O–H groups in total. The zero-order valence-electron chi connectivity index (χ0n) is 19.6. The van der Waals surface area contributed by atoms with Crippen LogP contribution in [0.5, 0.6) is 0 Å². The molecule has 0 saturated carbocycles. The highest BCUT2D eigenvalue weighted by Crippen LogP contribution is 2.35. The first-order valence-electron chi connectivity index (χ1n) is 10.8. The Morgan fingerprint density at radius 1 is 0.903 bits per heavy atom. The number of rotatable bonds is 9. The summed E-state index contributed by atoms with van der Waals surface area (Å²) in [5, 5.41) is 0. The second-order valence-electron chi connectivity index (χ2n) is 8.88. The van der Waals surface area contributed by atoms with Crippen LogP contribution in [0.4, 0.5) is 0 Å². The number of hydrogen-bond donors (Lipinski definition) is 1. The van der Waals surface area contributed by atoms with E-state index >= 15 is 0 Å². The summed E-state index contributed by atoms with van der Waals surface area (Å²) in [7, 11) is -2.71. The van der Waals surface area contributed by atoms with Crippen LogP contribution in [0.25, 0.3) is 0 Å². The molecule has 0 fully saturated rings. The van der Waals surface area contributed by atoms with Crippen molar-refractivity contribution in [1.29, 1.82) is 0 Å². The van der Waals surface area contributed by atoms with Crippen molar-refractivity contribution in [3.05, 3.63) is 64.7 Å². The molecule has 0 aromatic heterocycles. The van der Waals surface area contributed by atoms with E-state index in [0.717, 1.165) is 22.3 Å². The zero-order valence-corrected chi connectivity index (χ0v) is 20.4. The van der Waals surface area contributed by atoms with Gasteiger partial charge in [-0.05, 0) is 46.4 Å². The molecule has 0 unspecified atom stereocenters. The molecular formula is C25H35NO4S. The minimum Gasteiger partial charge on any atom is -0.468 e. The van der Waals surface area contributed by atoms with E-state index in [9.17, 15) is 13.2 Å². The summed E-state index contributed by atoms with van der Waals surface area (Å²) in [6.07, 6.45) is 0.213. The number of esters is 1. The van der Waals surface area contributed by atoms with Crippen LogP contribution in [-0.2, 0) is 26.0 Å². The normalized spacial score (nSPS) is 13.1. The molecule has 0 saturated heterocycles. The summed E-state index contributed by atoms with van der Waals surface area (Å²) in [6, 6.07) is 12.3. The van der Waals surface area contributed by atoms with Crippen LogP contribution < -0.4 is 4.72 Å². The first-order valence-corrected chi connectivity index (χ1v) is 12.3. The smallest absolute Gasteiger partial charge is 0.324 e. The average molecular weight is 446 g/mol. The standard InChI is InChI=1S/C25H35NO4S/c1-16(2)20-14-21(17(3)4)24(22(15-20)18(5)6)31(28,29)26-23(25(27)30-7)13-19-11-9-8-10-12-19/h8-12,14-18,23,26H,13H2,1-7H3/t23-/m0/s1. The SMILES string of the molecule is COC(=O)[C@H](Cc1ccccc1)NS(=O)(=O)c1c(C(C)C)cc(C(C)C)cc1C(C)C.